The summed E-state index contributed by atoms with van der Waals surface area (Å²) in [5.74, 6) is -0.250. The Morgan fingerprint density at radius 3 is 3.00 bits per heavy atom. The number of para-hydroxylation sites is 1. The molecule has 1 N–H and O–H groups in total. The highest BCUT2D eigenvalue weighted by atomic mass is 79.9. The topological polar surface area (TPSA) is 51.2 Å². The van der Waals surface area contributed by atoms with Crippen LogP contribution in [-0.4, -0.2) is 17.6 Å². The number of benzene rings is 1. The molecule has 0 radical (unpaired) electrons. The van der Waals surface area contributed by atoms with Crippen molar-refractivity contribution in [3.8, 4) is 0 Å². The van der Waals surface area contributed by atoms with E-state index in [0.717, 1.165) is 21.0 Å². The SMILES string of the molecule is CCOC(=O)Cc1csc(Nc2ccccc2Br)n1. The van der Waals surface area contributed by atoms with E-state index in [0.29, 0.717) is 6.61 Å². The fourth-order valence-corrected chi connectivity index (χ4v) is 2.59. The second-order valence-corrected chi connectivity index (χ2v) is 5.44. The van der Waals surface area contributed by atoms with E-state index in [1.54, 1.807) is 6.92 Å². The molecule has 6 heteroatoms. The molecule has 0 fully saturated rings. The minimum absolute atomic E-state index is 0.210. The van der Waals surface area contributed by atoms with Crippen molar-refractivity contribution in [1.82, 2.24) is 4.98 Å². The summed E-state index contributed by atoms with van der Waals surface area (Å²) in [6, 6.07) is 7.80. The second-order valence-electron chi connectivity index (χ2n) is 3.73. The lowest BCUT2D eigenvalue weighted by molar-refractivity contribution is -0.142. The van der Waals surface area contributed by atoms with Crippen molar-refractivity contribution in [3.63, 3.8) is 0 Å². The van der Waals surface area contributed by atoms with Crippen LogP contribution in [0.1, 0.15) is 12.6 Å². The Bertz CT molecular complexity index is 571. The average Bonchev–Trinajstić information content (AvgIpc) is 2.80. The van der Waals surface area contributed by atoms with Gasteiger partial charge in [-0.05, 0) is 35.0 Å². The van der Waals surface area contributed by atoms with Gasteiger partial charge in [0.1, 0.15) is 0 Å². The smallest absolute Gasteiger partial charge is 0.311 e. The molecule has 0 bridgehead atoms. The highest BCUT2D eigenvalue weighted by Gasteiger charge is 2.09. The standard InChI is InChI=1S/C13H13BrN2O2S/c1-2-18-12(17)7-9-8-19-13(15-9)16-11-6-4-3-5-10(11)14/h3-6,8H,2,7H2,1H3,(H,15,16). The zero-order valence-corrected chi connectivity index (χ0v) is 12.8. The van der Waals surface area contributed by atoms with E-state index < -0.39 is 0 Å². The molecule has 0 unspecified atom stereocenters. The molecule has 0 atom stereocenters. The highest BCUT2D eigenvalue weighted by Crippen LogP contribution is 2.27. The van der Waals surface area contributed by atoms with Crippen LogP contribution in [0.2, 0.25) is 0 Å². The molecule has 0 aliphatic heterocycles. The van der Waals surface area contributed by atoms with Crippen LogP contribution in [0.3, 0.4) is 0 Å². The summed E-state index contributed by atoms with van der Waals surface area (Å²) >= 11 is 4.92. The van der Waals surface area contributed by atoms with Gasteiger partial charge in [-0.25, -0.2) is 4.98 Å². The van der Waals surface area contributed by atoms with Crippen LogP contribution in [0.4, 0.5) is 10.8 Å². The molecule has 100 valence electrons. The molecule has 19 heavy (non-hydrogen) atoms. The van der Waals surface area contributed by atoms with Gasteiger partial charge >= 0.3 is 5.97 Å². The normalized spacial score (nSPS) is 10.2. The molecule has 0 saturated heterocycles. The van der Waals surface area contributed by atoms with Crippen LogP contribution >= 0.6 is 27.3 Å². The molecule has 2 aromatic rings. The fourth-order valence-electron chi connectivity index (χ4n) is 1.48. The minimum atomic E-state index is -0.250. The lowest BCUT2D eigenvalue weighted by Crippen LogP contribution is -2.07. The number of aromatic nitrogens is 1. The first kappa shape index (κ1) is 14.0. The quantitative estimate of drug-likeness (QED) is 0.842. The van der Waals surface area contributed by atoms with Crippen LogP contribution in [-0.2, 0) is 16.0 Å². The van der Waals surface area contributed by atoms with Crippen molar-refractivity contribution in [2.24, 2.45) is 0 Å². The molecular weight excluding hydrogens is 328 g/mol. The molecule has 0 spiro atoms. The van der Waals surface area contributed by atoms with Gasteiger partial charge in [0.2, 0.25) is 0 Å². The number of carbonyl (C=O) groups is 1. The van der Waals surface area contributed by atoms with Crippen LogP contribution in [0, 0.1) is 0 Å². The monoisotopic (exact) mass is 340 g/mol. The van der Waals surface area contributed by atoms with E-state index in [1.807, 2.05) is 29.6 Å². The first-order chi connectivity index (χ1) is 9.19. The molecule has 4 nitrogen and oxygen atoms in total. The number of rotatable bonds is 5. The summed E-state index contributed by atoms with van der Waals surface area (Å²) in [4.78, 5) is 15.7. The minimum Gasteiger partial charge on any atom is -0.466 e. The number of thiazole rings is 1. The predicted molar refractivity (Wildman–Crippen MR) is 79.9 cm³/mol. The highest BCUT2D eigenvalue weighted by molar-refractivity contribution is 9.10. The number of hydrogen-bond donors (Lipinski definition) is 1. The number of nitrogens with zero attached hydrogens (tertiary/aromatic N) is 1. The maximum Gasteiger partial charge on any atom is 0.311 e. The van der Waals surface area contributed by atoms with Gasteiger partial charge in [-0.1, -0.05) is 12.1 Å². The number of nitrogens with one attached hydrogen (secondary N) is 1. The number of hydrogen-bond acceptors (Lipinski definition) is 5. The average molecular weight is 341 g/mol. The number of esters is 1. The van der Waals surface area contributed by atoms with Gasteiger partial charge in [0.15, 0.2) is 5.13 Å². The van der Waals surface area contributed by atoms with Crippen molar-refractivity contribution >= 4 is 44.1 Å². The molecule has 0 saturated carbocycles. The Labute approximate surface area is 124 Å². The lowest BCUT2D eigenvalue weighted by atomic mass is 10.3. The van der Waals surface area contributed by atoms with Crippen LogP contribution < -0.4 is 5.32 Å². The Kier molecular flexibility index (Phi) is 4.93. The van der Waals surface area contributed by atoms with Crippen LogP contribution in [0.15, 0.2) is 34.1 Å². The zero-order valence-electron chi connectivity index (χ0n) is 10.4. The first-order valence-electron chi connectivity index (χ1n) is 5.80. The molecule has 1 aromatic heterocycles. The first-order valence-corrected chi connectivity index (χ1v) is 7.48. The summed E-state index contributed by atoms with van der Waals surface area (Å²) in [6.45, 7) is 2.18. The van der Waals surface area contributed by atoms with Crippen molar-refractivity contribution in [1.29, 1.82) is 0 Å². The molecule has 0 amide bonds. The van der Waals surface area contributed by atoms with Gasteiger partial charge in [0.05, 0.1) is 24.4 Å². The van der Waals surface area contributed by atoms with E-state index in [1.165, 1.54) is 11.3 Å². The number of halogens is 1. The molecule has 0 aliphatic rings. The van der Waals surface area contributed by atoms with Gasteiger partial charge in [-0.2, -0.15) is 0 Å². The van der Waals surface area contributed by atoms with Gasteiger partial charge in [0.25, 0.3) is 0 Å². The molecule has 1 heterocycles. The van der Waals surface area contributed by atoms with Gasteiger partial charge in [-0.15, -0.1) is 11.3 Å². The van der Waals surface area contributed by atoms with Gasteiger partial charge < -0.3 is 10.1 Å². The van der Waals surface area contributed by atoms with Crippen LogP contribution in [0.5, 0.6) is 0 Å². The van der Waals surface area contributed by atoms with Gasteiger partial charge in [0, 0.05) is 9.85 Å². The summed E-state index contributed by atoms with van der Waals surface area (Å²) in [5.41, 5.74) is 1.66. The Hall–Kier alpha value is -1.40. The Morgan fingerprint density at radius 2 is 2.26 bits per heavy atom. The number of carbonyl (C=O) groups excluding carboxylic acids is 1. The second kappa shape index (κ2) is 6.68. The summed E-state index contributed by atoms with van der Waals surface area (Å²) in [6.07, 6.45) is 0.210. The molecule has 2 rings (SSSR count). The van der Waals surface area contributed by atoms with E-state index in [4.69, 9.17) is 4.74 Å². The van der Waals surface area contributed by atoms with E-state index >= 15 is 0 Å². The van der Waals surface area contributed by atoms with E-state index in [9.17, 15) is 4.79 Å². The number of ether oxygens (including phenoxy) is 1. The van der Waals surface area contributed by atoms with Crippen LogP contribution in [0.25, 0.3) is 0 Å². The lowest BCUT2D eigenvalue weighted by Gasteiger charge is -2.04. The third kappa shape index (κ3) is 4.04. The van der Waals surface area contributed by atoms with E-state index in [-0.39, 0.29) is 12.4 Å². The third-order valence-corrected chi connectivity index (χ3v) is 3.80. The zero-order chi connectivity index (χ0) is 13.7. The maximum absolute atomic E-state index is 11.3. The van der Waals surface area contributed by atoms with Crippen molar-refractivity contribution in [3.05, 3.63) is 39.8 Å². The molecule has 1 aromatic carbocycles. The van der Waals surface area contributed by atoms with Crippen molar-refractivity contribution < 1.29 is 9.53 Å². The number of anilines is 2. The van der Waals surface area contributed by atoms with Gasteiger partial charge in [-0.3, -0.25) is 4.79 Å². The Morgan fingerprint density at radius 1 is 1.47 bits per heavy atom. The largest absolute Gasteiger partial charge is 0.466 e. The third-order valence-electron chi connectivity index (χ3n) is 2.30. The molecule has 0 aliphatic carbocycles. The predicted octanol–water partition coefficient (Wildman–Crippen LogP) is 3.75. The Balaban J connectivity index is 2.02. The van der Waals surface area contributed by atoms with Crippen molar-refractivity contribution in [2.45, 2.75) is 13.3 Å². The van der Waals surface area contributed by atoms with Crippen molar-refractivity contribution in [2.75, 3.05) is 11.9 Å². The summed E-state index contributed by atoms with van der Waals surface area (Å²) in [7, 11) is 0. The van der Waals surface area contributed by atoms with E-state index in [2.05, 4.69) is 26.2 Å². The fraction of sp³-hybridized carbons (Fsp3) is 0.231. The molecular formula is C13H13BrN2O2S. The maximum atomic E-state index is 11.3. The summed E-state index contributed by atoms with van der Waals surface area (Å²) < 4.78 is 5.86. The summed E-state index contributed by atoms with van der Waals surface area (Å²) in [5, 5.41) is 5.82.